The highest BCUT2D eigenvalue weighted by molar-refractivity contribution is 7.14. The van der Waals surface area contributed by atoms with Crippen molar-refractivity contribution in [2.45, 2.75) is 0 Å². The number of rotatable bonds is 4. The van der Waals surface area contributed by atoms with Crippen LogP contribution in [-0.4, -0.2) is 15.9 Å². The van der Waals surface area contributed by atoms with Gasteiger partial charge in [-0.15, -0.1) is 11.3 Å². The van der Waals surface area contributed by atoms with E-state index in [0.717, 1.165) is 33.4 Å². The van der Waals surface area contributed by atoms with Gasteiger partial charge in [-0.2, -0.15) is 0 Å². The molecule has 0 aliphatic heterocycles. The molecule has 1 amide bonds. The first-order chi connectivity index (χ1) is 14.8. The molecule has 0 aliphatic rings. The molecule has 144 valence electrons. The molecule has 0 saturated heterocycles. The number of aromatic nitrogens is 2. The van der Waals surface area contributed by atoms with Gasteiger partial charge in [-0.25, -0.2) is 9.97 Å². The zero-order valence-corrected chi connectivity index (χ0v) is 16.8. The second kappa shape index (κ2) is 7.89. The maximum absolute atomic E-state index is 13.2. The molecule has 0 radical (unpaired) electrons. The van der Waals surface area contributed by atoms with Crippen LogP contribution < -0.4 is 5.32 Å². The third-order valence-corrected chi connectivity index (χ3v) is 5.58. The van der Waals surface area contributed by atoms with Crippen LogP contribution in [0.25, 0.3) is 33.4 Å². The van der Waals surface area contributed by atoms with Crippen molar-refractivity contribution in [2.75, 3.05) is 5.32 Å². The molecule has 3 aromatic carbocycles. The van der Waals surface area contributed by atoms with Crippen LogP contribution in [0, 0.1) is 0 Å². The van der Waals surface area contributed by atoms with E-state index in [4.69, 9.17) is 4.98 Å². The first kappa shape index (κ1) is 18.2. The van der Waals surface area contributed by atoms with Gasteiger partial charge in [-0.3, -0.25) is 10.1 Å². The van der Waals surface area contributed by atoms with Crippen LogP contribution in [0.5, 0.6) is 0 Å². The predicted octanol–water partition coefficient (Wildman–Crippen LogP) is 6.28. The largest absolute Gasteiger partial charge is 0.298 e. The van der Waals surface area contributed by atoms with Gasteiger partial charge in [0, 0.05) is 21.9 Å². The van der Waals surface area contributed by atoms with Crippen LogP contribution in [0.15, 0.2) is 96.4 Å². The number of fused-ring (bicyclic) bond motifs is 1. The van der Waals surface area contributed by atoms with Crippen LogP contribution in [0.1, 0.15) is 10.4 Å². The highest BCUT2D eigenvalue weighted by Gasteiger charge is 2.15. The van der Waals surface area contributed by atoms with Gasteiger partial charge in [-0.05, 0) is 12.1 Å². The number of carbonyl (C=O) groups excluding carboxylic acids is 1. The zero-order valence-electron chi connectivity index (χ0n) is 15.9. The minimum atomic E-state index is -0.195. The number of hydrogen-bond acceptors (Lipinski definition) is 4. The van der Waals surface area contributed by atoms with E-state index in [0.29, 0.717) is 10.7 Å². The van der Waals surface area contributed by atoms with E-state index in [2.05, 4.69) is 10.3 Å². The van der Waals surface area contributed by atoms with Crippen molar-refractivity contribution < 1.29 is 4.79 Å². The Bertz CT molecular complexity index is 1330. The van der Waals surface area contributed by atoms with Crippen LogP contribution >= 0.6 is 11.3 Å². The molecule has 0 saturated carbocycles. The lowest BCUT2D eigenvalue weighted by Crippen LogP contribution is -2.13. The quantitative estimate of drug-likeness (QED) is 0.382. The number of pyridine rings is 1. The smallest absolute Gasteiger partial charge is 0.258 e. The lowest BCUT2D eigenvalue weighted by molar-refractivity contribution is 0.102. The third-order valence-electron chi connectivity index (χ3n) is 4.82. The Morgan fingerprint density at radius 1 is 0.733 bits per heavy atom. The molecule has 0 fully saturated rings. The fourth-order valence-electron chi connectivity index (χ4n) is 3.36. The van der Waals surface area contributed by atoms with E-state index in [9.17, 15) is 4.79 Å². The van der Waals surface area contributed by atoms with Gasteiger partial charge in [0.2, 0.25) is 0 Å². The van der Waals surface area contributed by atoms with Gasteiger partial charge in [0.05, 0.1) is 22.5 Å². The maximum Gasteiger partial charge on any atom is 0.258 e. The highest BCUT2D eigenvalue weighted by Crippen LogP contribution is 2.28. The number of para-hydroxylation sites is 1. The zero-order chi connectivity index (χ0) is 20.3. The topological polar surface area (TPSA) is 54.9 Å². The Hall–Kier alpha value is -3.83. The number of anilines is 1. The molecule has 0 spiro atoms. The number of amides is 1. The van der Waals surface area contributed by atoms with Crippen LogP contribution in [-0.2, 0) is 0 Å². The summed E-state index contributed by atoms with van der Waals surface area (Å²) in [5, 5.41) is 6.29. The molecule has 1 N–H and O–H groups in total. The average Bonchev–Trinajstić information content (AvgIpc) is 3.28. The van der Waals surface area contributed by atoms with Crippen molar-refractivity contribution in [3.05, 3.63) is 102 Å². The second-order valence-electron chi connectivity index (χ2n) is 6.80. The summed E-state index contributed by atoms with van der Waals surface area (Å²) in [7, 11) is 0. The number of thiazole rings is 1. The first-order valence-electron chi connectivity index (χ1n) is 9.55. The number of carbonyl (C=O) groups is 1. The average molecular weight is 407 g/mol. The van der Waals surface area contributed by atoms with Gasteiger partial charge in [0.1, 0.15) is 0 Å². The summed E-state index contributed by atoms with van der Waals surface area (Å²) < 4.78 is 0. The van der Waals surface area contributed by atoms with Gasteiger partial charge >= 0.3 is 0 Å². The monoisotopic (exact) mass is 407 g/mol. The Labute approximate surface area is 177 Å². The molecule has 0 unspecified atom stereocenters. The minimum absolute atomic E-state index is 0.195. The van der Waals surface area contributed by atoms with E-state index in [-0.39, 0.29) is 5.91 Å². The molecular formula is C25H17N3OS. The lowest BCUT2D eigenvalue weighted by atomic mass is 10.0. The Kier molecular flexibility index (Phi) is 4.79. The highest BCUT2D eigenvalue weighted by atomic mass is 32.1. The molecule has 30 heavy (non-hydrogen) atoms. The molecule has 5 rings (SSSR count). The fraction of sp³-hybridized carbons (Fsp3) is 0. The molecule has 2 aromatic heterocycles. The van der Waals surface area contributed by atoms with Crippen molar-refractivity contribution in [1.82, 2.24) is 9.97 Å². The van der Waals surface area contributed by atoms with Crippen molar-refractivity contribution in [3.8, 4) is 22.5 Å². The van der Waals surface area contributed by atoms with Gasteiger partial charge in [0.15, 0.2) is 5.13 Å². The van der Waals surface area contributed by atoms with Gasteiger partial charge in [-0.1, -0.05) is 78.9 Å². The summed E-state index contributed by atoms with van der Waals surface area (Å²) in [6, 6.07) is 29.3. The molecule has 4 nitrogen and oxygen atoms in total. The Morgan fingerprint density at radius 2 is 1.37 bits per heavy atom. The van der Waals surface area contributed by atoms with E-state index in [1.807, 2.05) is 96.4 Å². The molecule has 2 heterocycles. The maximum atomic E-state index is 13.2. The van der Waals surface area contributed by atoms with Gasteiger partial charge in [0.25, 0.3) is 5.91 Å². The third kappa shape index (κ3) is 3.58. The molecule has 5 aromatic rings. The van der Waals surface area contributed by atoms with Gasteiger partial charge < -0.3 is 0 Å². The Morgan fingerprint density at radius 3 is 2.10 bits per heavy atom. The first-order valence-corrected chi connectivity index (χ1v) is 10.4. The van der Waals surface area contributed by atoms with Crippen LogP contribution in [0.3, 0.4) is 0 Å². The predicted molar refractivity (Wildman–Crippen MR) is 123 cm³/mol. The summed E-state index contributed by atoms with van der Waals surface area (Å²) in [6.45, 7) is 0. The molecule has 5 heteroatoms. The number of nitrogens with one attached hydrogen (secondary N) is 1. The van der Waals surface area contributed by atoms with E-state index in [1.165, 1.54) is 11.3 Å². The lowest BCUT2D eigenvalue weighted by Gasteiger charge is -2.09. The summed E-state index contributed by atoms with van der Waals surface area (Å²) in [5.74, 6) is -0.195. The SMILES string of the molecule is O=C(Nc1nc(-c2ccccc2)cs1)c1cc(-c2ccccc2)nc2ccccc12. The molecule has 0 aliphatic carbocycles. The van der Waals surface area contributed by atoms with E-state index >= 15 is 0 Å². The summed E-state index contributed by atoms with van der Waals surface area (Å²) >= 11 is 1.41. The Balaban J connectivity index is 1.51. The summed E-state index contributed by atoms with van der Waals surface area (Å²) in [6.07, 6.45) is 0. The molecule has 0 atom stereocenters. The molecule has 0 bridgehead atoms. The van der Waals surface area contributed by atoms with Crippen molar-refractivity contribution in [3.63, 3.8) is 0 Å². The standard InChI is InChI=1S/C25H17N3OS/c29-24(28-25-27-23(16-30-25)18-11-5-2-6-12-18)20-15-22(17-9-3-1-4-10-17)26-21-14-8-7-13-19(20)21/h1-16H,(H,27,28,29). The number of benzene rings is 3. The van der Waals surface area contributed by atoms with E-state index < -0.39 is 0 Å². The number of nitrogens with zero attached hydrogens (tertiary/aromatic N) is 2. The van der Waals surface area contributed by atoms with Crippen molar-refractivity contribution >= 4 is 33.3 Å². The second-order valence-corrected chi connectivity index (χ2v) is 7.65. The normalized spacial score (nSPS) is 10.8. The summed E-state index contributed by atoms with van der Waals surface area (Å²) in [4.78, 5) is 22.5. The van der Waals surface area contributed by atoms with Crippen LogP contribution in [0.2, 0.25) is 0 Å². The van der Waals surface area contributed by atoms with Crippen LogP contribution in [0.4, 0.5) is 5.13 Å². The fourth-order valence-corrected chi connectivity index (χ4v) is 4.07. The van der Waals surface area contributed by atoms with Crippen molar-refractivity contribution in [2.24, 2.45) is 0 Å². The minimum Gasteiger partial charge on any atom is -0.298 e. The molecular weight excluding hydrogens is 390 g/mol. The van der Waals surface area contributed by atoms with E-state index in [1.54, 1.807) is 0 Å². The summed E-state index contributed by atoms with van der Waals surface area (Å²) in [5.41, 5.74) is 4.97. The van der Waals surface area contributed by atoms with Crippen molar-refractivity contribution in [1.29, 1.82) is 0 Å². The number of hydrogen-bond donors (Lipinski definition) is 1.